The summed E-state index contributed by atoms with van der Waals surface area (Å²) in [5.74, 6) is 2.21. The highest BCUT2D eigenvalue weighted by Gasteiger charge is 2.29. The van der Waals surface area contributed by atoms with E-state index < -0.39 is 0 Å². The molecule has 0 bridgehead atoms. The van der Waals surface area contributed by atoms with E-state index in [4.69, 9.17) is 4.42 Å². The molecule has 6 rings (SSSR count). The highest BCUT2D eigenvalue weighted by atomic mass is 32.2. The van der Waals surface area contributed by atoms with Gasteiger partial charge >= 0.3 is 0 Å². The molecule has 4 aromatic rings. The molecule has 182 valence electrons. The van der Waals surface area contributed by atoms with Crippen LogP contribution in [0.1, 0.15) is 48.2 Å². The van der Waals surface area contributed by atoms with Crippen LogP contribution in [0.2, 0.25) is 0 Å². The number of benzene rings is 1. The first kappa shape index (κ1) is 22.4. The van der Waals surface area contributed by atoms with Crippen LogP contribution in [0.4, 0.5) is 5.82 Å². The van der Waals surface area contributed by atoms with Gasteiger partial charge in [-0.15, -0.1) is 0 Å². The van der Waals surface area contributed by atoms with Crippen LogP contribution in [0.5, 0.6) is 0 Å². The van der Waals surface area contributed by atoms with Crippen LogP contribution in [-0.2, 0) is 12.8 Å². The Bertz CT molecular complexity index is 1350. The number of nitrogens with zero attached hydrogens (tertiary/aromatic N) is 6. The molecule has 2 fully saturated rings. The number of para-hydroxylation sites is 1. The summed E-state index contributed by atoms with van der Waals surface area (Å²) in [6, 6.07) is 8.05. The van der Waals surface area contributed by atoms with E-state index in [1.807, 2.05) is 48.1 Å². The quantitative estimate of drug-likeness (QED) is 0.403. The van der Waals surface area contributed by atoms with Gasteiger partial charge < -0.3 is 14.2 Å². The van der Waals surface area contributed by atoms with Crippen LogP contribution in [0.3, 0.4) is 0 Å². The van der Waals surface area contributed by atoms with Crippen molar-refractivity contribution in [2.24, 2.45) is 7.05 Å². The predicted octanol–water partition coefficient (Wildman–Crippen LogP) is 4.64. The fourth-order valence-corrected chi connectivity index (χ4v) is 6.67. The highest BCUT2D eigenvalue weighted by molar-refractivity contribution is 7.99. The maximum atomic E-state index is 13.7. The number of hydrogen-bond donors (Lipinski definition) is 0. The molecule has 1 saturated carbocycles. The van der Waals surface area contributed by atoms with Crippen LogP contribution in [0, 0.1) is 0 Å². The van der Waals surface area contributed by atoms with Gasteiger partial charge in [-0.1, -0.05) is 37.5 Å². The lowest BCUT2D eigenvalue weighted by Crippen LogP contribution is -2.49. The number of aromatic nitrogens is 4. The Hall–Kier alpha value is -3.07. The van der Waals surface area contributed by atoms with Crippen molar-refractivity contribution in [2.45, 2.75) is 43.1 Å². The Balaban J connectivity index is 1.20. The Morgan fingerprint density at radius 2 is 1.86 bits per heavy atom. The minimum absolute atomic E-state index is 0.00527. The molecule has 0 unspecified atom stereocenters. The lowest BCUT2D eigenvalue weighted by molar-refractivity contribution is 0.0716. The van der Waals surface area contributed by atoms with Gasteiger partial charge in [0.15, 0.2) is 11.4 Å². The maximum absolute atomic E-state index is 13.7. The maximum Gasteiger partial charge on any atom is 0.290 e. The Morgan fingerprint density at radius 1 is 1.06 bits per heavy atom. The topological polar surface area (TPSA) is 80.3 Å². The second-order valence-corrected chi connectivity index (χ2v) is 10.7. The van der Waals surface area contributed by atoms with Crippen molar-refractivity contribution in [3.05, 3.63) is 48.1 Å². The number of hydrogen-bond acceptors (Lipinski definition) is 7. The number of amides is 1. The number of carbonyl (C=O) groups excluding carboxylic acids is 1. The summed E-state index contributed by atoms with van der Waals surface area (Å²) in [6.07, 6.45) is 9.93. The molecule has 1 amide bonds. The number of thioether (sulfide) groups is 1. The normalized spacial score (nSPS) is 17.5. The van der Waals surface area contributed by atoms with Crippen LogP contribution in [0.25, 0.3) is 22.0 Å². The summed E-state index contributed by atoms with van der Waals surface area (Å²) in [5, 5.41) is 7.01. The van der Waals surface area contributed by atoms with Gasteiger partial charge in [-0.05, 0) is 18.9 Å². The molecule has 0 atom stereocenters. The minimum Gasteiger partial charge on any atom is -0.451 e. The Morgan fingerprint density at radius 3 is 2.69 bits per heavy atom. The predicted molar refractivity (Wildman–Crippen MR) is 139 cm³/mol. The monoisotopic (exact) mass is 490 g/mol. The standard InChI is InChI=1S/C26H30N6O2S/c1-30-24-20(15-29-30)25(28-17-27-24)31-11-13-32(14-12-31)26(33)23-21(16-35-18-7-3-2-4-8-18)19-9-5-6-10-22(19)34-23/h5-6,9-10,15,17-18H,2-4,7-8,11-14,16H2,1H3. The molecular weight excluding hydrogens is 460 g/mol. The first-order valence-electron chi connectivity index (χ1n) is 12.5. The molecule has 1 saturated heterocycles. The number of furan rings is 1. The molecule has 1 aromatic carbocycles. The summed E-state index contributed by atoms with van der Waals surface area (Å²) >= 11 is 1.99. The summed E-state index contributed by atoms with van der Waals surface area (Å²) in [4.78, 5) is 26.7. The fourth-order valence-electron chi connectivity index (χ4n) is 5.31. The molecular formula is C26H30N6O2S. The van der Waals surface area contributed by atoms with E-state index in [1.165, 1.54) is 32.1 Å². The van der Waals surface area contributed by atoms with Gasteiger partial charge in [0.05, 0.1) is 11.6 Å². The molecule has 0 N–H and O–H groups in total. The summed E-state index contributed by atoms with van der Waals surface area (Å²) in [5.41, 5.74) is 2.67. The van der Waals surface area contributed by atoms with Gasteiger partial charge in [0.25, 0.3) is 5.91 Å². The van der Waals surface area contributed by atoms with Gasteiger partial charge in [0, 0.05) is 55.2 Å². The van der Waals surface area contributed by atoms with Crippen LogP contribution in [-0.4, -0.2) is 62.0 Å². The molecule has 0 spiro atoms. The van der Waals surface area contributed by atoms with Crippen molar-refractivity contribution in [1.29, 1.82) is 0 Å². The van der Waals surface area contributed by atoms with Crippen LogP contribution < -0.4 is 4.90 Å². The lowest BCUT2D eigenvalue weighted by Gasteiger charge is -2.35. The van der Waals surface area contributed by atoms with E-state index in [9.17, 15) is 4.79 Å². The number of fused-ring (bicyclic) bond motifs is 2. The number of carbonyl (C=O) groups is 1. The summed E-state index contributed by atoms with van der Waals surface area (Å²) in [6.45, 7) is 2.66. The highest BCUT2D eigenvalue weighted by Crippen LogP contribution is 2.35. The summed E-state index contributed by atoms with van der Waals surface area (Å²) < 4.78 is 7.93. The van der Waals surface area contributed by atoms with Crippen molar-refractivity contribution in [1.82, 2.24) is 24.6 Å². The smallest absolute Gasteiger partial charge is 0.290 e. The molecule has 8 nitrogen and oxygen atoms in total. The van der Waals surface area contributed by atoms with Crippen molar-refractivity contribution in [3.8, 4) is 0 Å². The van der Waals surface area contributed by atoms with E-state index in [2.05, 4.69) is 26.0 Å². The zero-order valence-corrected chi connectivity index (χ0v) is 20.8. The Labute approximate surface area is 208 Å². The molecule has 1 aliphatic carbocycles. The third kappa shape index (κ3) is 4.26. The average Bonchev–Trinajstić information content (AvgIpc) is 3.48. The Kier molecular flexibility index (Phi) is 6.10. The molecule has 3 aromatic heterocycles. The van der Waals surface area contributed by atoms with Gasteiger partial charge in [-0.3, -0.25) is 9.48 Å². The zero-order chi connectivity index (χ0) is 23.8. The van der Waals surface area contributed by atoms with Gasteiger partial charge in [0.2, 0.25) is 0 Å². The average molecular weight is 491 g/mol. The minimum atomic E-state index is -0.00527. The molecule has 0 radical (unpaired) electrons. The second-order valence-electron chi connectivity index (χ2n) is 9.46. The molecule has 1 aliphatic heterocycles. The molecule has 2 aliphatic rings. The molecule has 4 heterocycles. The number of rotatable bonds is 5. The van der Waals surface area contributed by atoms with Gasteiger partial charge in [0.1, 0.15) is 17.7 Å². The first-order chi connectivity index (χ1) is 17.2. The molecule has 35 heavy (non-hydrogen) atoms. The second kappa shape index (κ2) is 9.53. The van der Waals surface area contributed by atoms with Crippen LogP contribution >= 0.6 is 11.8 Å². The zero-order valence-electron chi connectivity index (χ0n) is 20.0. The number of aryl methyl sites for hydroxylation is 1. The number of anilines is 1. The largest absolute Gasteiger partial charge is 0.451 e. The van der Waals surface area contributed by atoms with Crippen molar-refractivity contribution in [3.63, 3.8) is 0 Å². The van der Waals surface area contributed by atoms with E-state index in [1.54, 1.807) is 11.0 Å². The third-order valence-electron chi connectivity index (χ3n) is 7.28. The third-order valence-corrected chi connectivity index (χ3v) is 8.68. The fraction of sp³-hybridized carbons (Fsp3) is 0.462. The van der Waals surface area contributed by atoms with Crippen LogP contribution in [0.15, 0.2) is 41.2 Å². The first-order valence-corrected chi connectivity index (χ1v) is 13.5. The lowest BCUT2D eigenvalue weighted by atomic mass is 10.0. The summed E-state index contributed by atoms with van der Waals surface area (Å²) in [7, 11) is 1.88. The number of piperazine rings is 1. The van der Waals surface area contributed by atoms with E-state index in [0.717, 1.165) is 39.1 Å². The molecule has 9 heteroatoms. The van der Waals surface area contributed by atoms with Gasteiger partial charge in [-0.25, -0.2) is 9.97 Å². The van der Waals surface area contributed by atoms with Crippen molar-refractivity contribution >= 4 is 45.5 Å². The van der Waals surface area contributed by atoms with E-state index in [-0.39, 0.29) is 5.91 Å². The van der Waals surface area contributed by atoms with E-state index in [0.29, 0.717) is 37.2 Å². The van der Waals surface area contributed by atoms with Gasteiger partial charge in [-0.2, -0.15) is 16.9 Å². The van der Waals surface area contributed by atoms with E-state index >= 15 is 0 Å². The van der Waals surface area contributed by atoms with Crippen molar-refractivity contribution < 1.29 is 9.21 Å². The van der Waals surface area contributed by atoms with Crippen molar-refractivity contribution in [2.75, 3.05) is 31.1 Å². The SMILES string of the molecule is Cn1ncc2c(N3CCN(C(=O)c4oc5ccccc5c4CSC4CCCCC4)CC3)ncnc21.